The Morgan fingerprint density at radius 3 is 2.26 bits per heavy atom. The van der Waals surface area contributed by atoms with Crippen molar-refractivity contribution >= 4 is 14.3 Å². The third-order valence-corrected chi connectivity index (χ3v) is 10.4. The Morgan fingerprint density at radius 2 is 1.74 bits per heavy atom. The maximum absolute atomic E-state index is 11.8. The third-order valence-electron chi connectivity index (χ3n) is 5.95. The average Bonchev–Trinajstić information content (AvgIpc) is 2.70. The van der Waals surface area contributed by atoms with Crippen molar-refractivity contribution in [3.8, 4) is 5.75 Å². The van der Waals surface area contributed by atoms with Crippen molar-refractivity contribution in [1.29, 1.82) is 0 Å². The van der Waals surface area contributed by atoms with E-state index in [1.807, 2.05) is 30.3 Å². The molecule has 0 radical (unpaired) electrons. The summed E-state index contributed by atoms with van der Waals surface area (Å²) in [6.45, 7) is 18.8. The maximum Gasteiger partial charge on any atom is 0.330 e. The van der Waals surface area contributed by atoms with Crippen LogP contribution in [0.2, 0.25) is 18.1 Å². The van der Waals surface area contributed by atoms with Crippen LogP contribution in [0.15, 0.2) is 36.4 Å². The molecule has 0 bridgehead atoms. The first-order valence-electron chi connectivity index (χ1n) is 11.1. The minimum absolute atomic E-state index is 0.0533. The monoisotopic (exact) mass is 450 g/mol. The highest BCUT2D eigenvalue weighted by Gasteiger charge is 2.41. The molecule has 176 valence electrons. The summed E-state index contributed by atoms with van der Waals surface area (Å²) in [4.78, 5) is 11.8. The van der Waals surface area contributed by atoms with Gasteiger partial charge in [-0.2, -0.15) is 0 Å². The molecule has 3 atom stereocenters. The average molecular weight is 451 g/mol. The summed E-state index contributed by atoms with van der Waals surface area (Å²) in [6, 6.07) is 7.90. The zero-order chi connectivity index (χ0) is 23.7. The Hall–Kier alpha value is -1.63. The molecule has 0 aliphatic rings. The van der Waals surface area contributed by atoms with E-state index in [9.17, 15) is 4.79 Å². The molecular weight excluding hydrogens is 408 g/mol. The van der Waals surface area contributed by atoms with Crippen molar-refractivity contribution in [2.75, 3.05) is 20.3 Å². The van der Waals surface area contributed by atoms with Crippen molar-refractivity contribution in [2.45, 2.75) is 72.4 Å². The van der Waals surface area contributed by atoms with Gasteiger partial charge in [-0.1, -0.05) is 52.8 Å². The predicted molar refractivity (Wildman–Crippen MR) is 129 cm³/mol. The zero-order valence-corrected chi connectivity index (χ0v) is 21.9. The van der Waals surface area contributed by atoms with Gasteiger partial charge in [0, 0.05) is 12.0 Å². The molecule has 0 unspecified atom stereocenters. The summed E-state index contributed by atoms with van der Waals surface area (Å²) in [7, 11) is -0.338. The van der Waals surface area contributed by atoms with Crippen LogP contribution < -0.4 is 4.74 Å². The van der Waals surface area contributed by atoms with Gasteiger partial charge >= 0.3 is 5.97 Å². The molecule has 0 N–H and O–H groups in total. The number of hydrogen-bond donors (Lipinski definition) is 0. The SMILES string of the molecule is CCOC(=O)C=C[C@H](C)[C@@H](O[Si](C)(C)C(C)(C)C)[C@@H](C)COCc1ccc(OC)cc1. The number of rotatable bonds is 12. The molecule has 0 amide bonds. The van der Waals surface area contributed by atoms with Gasteiger partial charge < -0.3 is 18.6 Å². The van der Waals surface area contributed by atoms with Crippen LogP contribution in [-0.4, -0.2) is 40.7 Å². The Labute approximate surface area is 190 Å². The van der Waals surface area contributed by atoms with Gasteiger partial charge in [0.2, 0.25) is 0 Å². The Bertz CT molecular complexity index is 691. The fourth-order valence-electron chi connectivity index (χ4n) is 2.97. The van der Waals surface area contributed by atoms with Crippen LogP contribution in [0.25, 0.3) is 0 Å². The van der Waals surface area contributed by atoms with Gasteiger partial charge in [-0.25, -0.2) is 4.79 Å². The van der Waals surface area contributed by atoms with Crippen molar-refractivity contribution in [3.63, 3.8) is 0 Å². The molecule has 0 heterocycles. The summed E-state index contributed by atoms with van der Waals surface area (Å²) in [5.74, 6) is 0.735. The second-order valence-electron chi connectivity index (χ2n) is 9.65. The van der Waals surface area contributed by atoms with Gasteiger partial charge in [0.25, 0.3) is 0 Å². The molecule has 0 aliphatic heterocycles. The molecule has 1 aromatic carbocycles. The lowest BCUT2D eigenvalue weighted by molar-refractivity contribution is -0.137. The molecular formula is C25H42O5Si. The lowest BCUT2D eigenvalue weighted by atomic mass is 9.93. The Balaban J connectivity index is 2.85. The normalized spacial score (nSPS) is 15.5. The predicted octanol–water partition coefficient (Wildman–Crippen LogP) is 5.99. The number of benzene rings is 1. The molecule has 0 saturated heterocycles. The number of methoxy groups -OCH3 is 1. The topological polar surface area (TPSA) is 54.0 Å². The quantitative estimate of drug-likeness (QED) is 0.222. The molecule has 0 aromatic heterocycles. The molecule has 0 fully saturated rings. The van der Waals surface area contributed by atoms with Gasteiger partial charge in [-0.3, -0.25) is 0 Å². The van der Waals surface area contributed by atoms with Crippen LogP contribution >= 0.6 is 0 Å². The summed E-state index contributed by atoms with van der Waals surface area (Å²) in [6.07, 6.45) is 3.36. The standard InChI is InChI=1S/C25H42O5Si/c1-10-29-23(26)16-11-19(2)24(30-31(8,9)25(4,5)6)20(3)17-28-18-21-12-14-22(27-7)15-13-21/h11-16,19-20,24H,10,17-18H2,1-9H3/t19-,20-,24+/m0/s1. The lowest BCUT2D eigenvalue weighted by Gasteiger charge is -2.42. The van der Waals surface area contributed by atoms with Crippen LogP contribution in [0.4, 0.5) is 0 Å². The molecule has 1 aromatic rings. The highest BCUT2D eigenvalue weighted by atomic mass is 28.4. The van der Waals surface area contributed by atoms with E-state index < -0.39 is 8.32 Å². The number of ether oxygens (including phenoxy) is 3. The number of carbonyl (C=O) groups excluding carboxylic acids is 1. The maximum atomic E-state index is 11.8. The minimum atomic E-state index is -2.00. The van der Waals surface area contributed by atoms with E-state index in [0.717, 1.165) is 11.3 Å². The van der Waals surface area contributed by atoms with E-state index in [0.29, 0.717) is 19.8 Å². The largest absolute Gasteiger partial charge is 0.497 e. The fourth-order valence-corrected chi connectivity index (χ4v) is 4.45. The second kappa shape index (κ2) is 12.4. The zero-order valence-electron chi connectivity index (χ0n) is 20.9. The van der Waals surface area contributed by atoms with Crippen LogP contribution in [0.5, 0.6) is 5.75 Å². The van der Waals surface area contributed by atoms with Crippen molar-refractivity contribution in [1.82, 2.24) is 0 Å². The van der Waals surface area contributed by atoms with E-state index in [2.05, 4.69) is 47.7 Å². The van der Waals surface area contributed by atoms with Crippen molar-refractivity contribution < 1.29 is 23.4 Å². The van der Waals surface area contributed by atoms with Gasteiger partial charge in [-0.15, -0.1) is 0 Å². The number of hydrogen-bond acceptors (Lipinski definition) is 5. The first-order chi connectivity index (χ1) is 14.4. The number of esters is 1. The summed E-state index contributed by atoms with van der Waals surface area (Å²) >= 11 is 0. The van der Waals surface area contributed by atoms with Gasteiger partial charge in [-0.05, 0) is 48.7 Å². The summed E-state index contributed by atoms with van der Waals surface area (Å²) in [5, 5.41) is 0.0967. The van der Waals surface area contributed by atoms with E-state index in [1.165, 1.54) is 6.08 Å². The van der Waals surface area contributed by atoms with Crippen LogP contribution in [0, 0.1) is 11.8 Å². The van der Waals surface area contributed by atoms with Crippen LogP contribution in [0.3, 0.4) is 0 Å². The first-order valence-corrected chi connectivity index (χ1v) is 14.1. The molecule has 5 nitrogen and oxygen atoms in total. The molecule has 1 rings (SSSR count). The third kappa shape index (κ3) is 9.17. The van der Waals surface area contributed by atoms with Gasteiger partial charge in [0.1, 0.15) is 5.75 Å². The van der Waals surface area contributed by atoms with Crippen molar-refractivity contribution in [2.24, 2.45) is 11.8 Å². The van der Waals surface area contributed by atoms with E-state index in [4.69, 9.17) is 18.6 Å². The lowest BCUT2D eigenvalue weighted by Crippen LogP contribution is -2.47. The summed E-state index contributed by atoms with van der Waals surface area (Å²) in [5.41, 5.74) is 1.10. The highest BCUT2D eigenvalue weighted by molar-refractivity contribution is 6.74. The van der Waals surface area contributed by atoms with Gasteiger partial charge in [0.15, 0.2) is 8.32 Å². The smallest absolute Gasteiger partial charge is 0.330 e. The Morgan fingerprint density at radius 1 is 1.13 bits per heavy atom. The van der Waals surface area contributed by atoms with Crippen molar-refractivity contribution in [3.05, 3.63) is 42.0 Å². The molecule has 0 aliphatic carbocycles. The van der Waals surface area contributed by atoms with Crippen LogP contribution in [0.1, 0.15) is 47.1 Å². The van der Waals surface area contributed by atoms with Crippen LogP contribution in [-0.2, 0) is 25.3 Å². The minimum Gasteiger partial charge on any atom is -0.497 e. The van der Waals surface area contributed by atoms with E-state index >= 15 is 0 Å². The molecule has 0 saturated carbocycles. The van der Waals surface area contributed by atoms with E-state index in [-0.39, 0.29) is 28.9 Å². The van der Waals surface area contributed by atoms with E-state index in [1.54, 1.807) is 14.0 Å². The van der Waals surface area contributed by atoms with Gasteiger partial charge in [0.05, 0.1) is 33.0 Å². The highest BCUT2D eigenvalue weighted by Crippen LogP contribution is 2.39. The number of carbonyl (C=O) groups is 1. The second-order valence-corrected chi connectivity index (χ2v) is 14.4. The summed E-state index contributed by atoms with van der Waals surface area (Å²) < 4.78 is 23.1. The molecule has 6 heteroatoms. The molecule has 31 heavy (non-hydrogen) atoms. The molecule has 0 spiro atoms. The first kappa shape index (κ1) is 27.4. The Kier molecular flexibility index (Phi) is 11.0. The fraction of sp³-hybridized carbons (Fsp3) is 0.640.